The largest absolute Gasteiger partial charge is 0.260 e. The summed E-state index contributed by atoms with van der Waals surface area (Å²) in [6.07, 6.45) is 16.1. The first-order valence-corrected chi connectivity index (χ1v) is 14.6. The zero-order valence-corrected chi connectivity index (χ0v) is 22.4. The number of benzene rings is 1. The van der Waals surface area contributed by atoms with Gasteiger partial charge in [-0.05, 0) is 110 Å². The molecule has 0 radical (unpaired) electrons. The molecule has 0 saturated heterocycles. The number of nitrogens with one attached hydrogen (secondary N) is 1. The van der Waals surface area contributed by atoms with E-state index in [1.54, 1.807) is 0 Å². The quantitative estimate of drug-likeness (QED) is 0.392. The molecule has 3 aliphatic carbocycles. The summed E-state index contributed by atoms with van der Waals surface area (Å²) in [4.78, 5) is 1.35. The van der Waals surface area contributed by atoms with E-state index in [9.17, 15) is 0 Å². The highest BCUT2D eigenvalue weighted by Crippen LogP contribution is 2.59. The molecular weight excluding hydrogens is 406 g/mol. The average molecular weight is 456 g/mol. The topological polar surface area (TPSA) is 12.0 Å². The Hall–Kier alpha value is -0.470. The first kappa shape index (κ1) is 24.6. The third-order valence-electron chi connectivity index (χ3n) is 10.3. The fraction of sp³-hybridized carbons (Fsp3) is 0.800. The predicted octanol–water partition coefficient (Wildman–Crippen LogP) is 9.06. The van der Waals surface area contributed by atoms with Crippen LogP contribution in [0.4, 0.5) is 0 Å². The Labute approximate surface area is 203 Å². The van der Waals surface area contributed by atoms with E-state index in [2.05, 4.69) is 63.6 Å². The molecule has 5 unspecified atom stereocenters. The summed E-state index contributed by atoms with van der Waals surface area (Å²) in [5.41, 5.74) is 2.46. The van der Waals surface area contributed by atoms with Gasteiger partial charge in [-0.3, -0.25) is 4.72 Å². The Morgan fingerprint density at radius 2 is 1.75 bits per heavy atom. The van der Waals surface area contributed by atoms with Gasteiger partial charge in [0.2, 0.25) is 0 Å². The summed E-state index contributed by atoms with van der Waals surface area (Å²) in [7, 11) is 0. The average Bonchev–Trinajstić information content (AvgIpc) is 3.10. The third kappa shape index (κ3) is 5.27. The molecule has 180 valence electrons. The molecule has 3 fully saturated rings. The van der Waals surface area contributed by atoms with Gasteiger partial charge in [0, 0.05) is 11.4 Å². The van der Waals surface area contributed by atoms with Crippen LogP contribution in [0.3, 0.4) is 0 Å². The molecule has 0 aliphatic heterocycles. The maximum absolute atomic E-state index is 3.77. The lowest BCUT2D eigenvalue weighted by molar-refractivity contribution is 0.0136. The predicted molar refractivity (Wildman–Crippen MR) is 141 cm³/mol. The maximum atomic E-state index is 3.77. The van der Waals surface area contributed by atoms with Gasteiger partial charge in [-0.15, -0.1) is 0 Å². The molecule has 0 amide bonds. The molecule has 2 heteroatoms. The Balaban J connectivity index is 1.36. The molecule has 0 aromatic heterocycles. The van der Waals surface area contributed by atoms with Crippen LogP contribution in [0.15, 0.2) is 29.2 Å². The minimum Gasteiger partial charge on any atom is -0.260 e. The SMILES string of the molecule is CC[C@@H](CC1CCCC2(C)C(CNSc3ccc(C)cc3)CCC12)C1CCCCC1(C)C. The van der Waals surface area contributed by atoms with Gasteiger partial charge < -0.3 is 0 Å². The zero-order chi connectivity index (χ0) is 22.8. The van der Waals surface area contributed by atoms with E-state index < -0.39 is 0 Å². The second-order valence-corrected chi connectivity index (χ2v) is 13.5. The van der Waals surface area contributed by atoms with Crippen LogP contribution >= 0.6 is 11.9 Å². The van der Waals surface area contributed by atoms with E-state index in [0.29, 0.717) is 10.8 Å². The molecule has 6 atom stereocenters. The van der Waals surface area contributed by atoms with E-state index in [4.69, 9.17) is 0 Å². The van der Waals surface area contributed by atoms with Crippen LogP contribution in [0, 0.1) is 47.3 Å². The van der Waals surface area contributed by atoms with Crippen molar-refractivity contribution in [1.82, 2.24) is 4.72 Å². The Kier molecular flexibility index (Phi) is 8.03. The smallest absolute Gasteiger partial charge is 0.0228 e. The lowest BCUT2D eigenvalue weighted by Crippen LogP contribution is -2.41. The molecule has 0 spiro atoms. The van der Waals surface area contributed by atoms with Crippen molar-refractivity contribution in [3.63, 3.8) is 0 Å². The van der Waals surface area contributed by atoms with Gasteiger partial charge in [0.15, 0.2) is 0 Å². The van der Waals surface area contributed by atoms with Crippen molar-refractivity contribution in [2.75, 3.05) is 6.54 Å². The lowest BCUT2D eigenvalue weighted by Gasteiger charge is -2.49. The normalized spacial score (nSPS) is 35.4. The van der Waals surface area contributed by atoms with E-state index in [1.165, 1.54) is 87.6 Å². The van der Waals surface area contributed by atoms with Gasteiger partial charge in [-0.1, -0.05) is 77.5 Å². The van der Waals surface area contributed by atoms with Crippen molar-refractivity contribution in [2.45, 2.75) is 110 Å². The van der Waals surface area contributed by atoms with Crippen LogP contribution in [-0.2, 0) is 0 Å². The molecule has 0 heterocycles. The number of rotatable bonds is 8. The summed E-state index contributed by atoms with van der Waals surface area (Å²) in [6.45, 7) is 13.7. The van der Waals surface area contributed by atoms with E-state index >= 15 is 0 Å². The van der Waals surface area contributed by atoms with Crippen LogP contribution in [0.5, 0.6) is 0 Å². The van der Waals surface area contributed by atoms with Crippen LogP contribution in [-0.4, -0.2) is 6.54 Å². The van der Waals surface area contributed by atoms with Gasteiger partial charge in [0.1, 0.15) is 0 Å². The van der Waals surface area contributed by atoms with Crippen molar-refractivity contribution in [3.05, 3.63) is 29.8 Å². The Bertz CT molecular complexity index is 725. The standard InChI is InChI=1S/C30H49NS/c1-6-23(27-11-7-8-18-29(27,3)4)20-24-10-9-19-30(5)25(14-17-28(24)30)21-31-32-26-15-12-22(2)13-16-26/h12-13,15-16,23-25,27-28,31H,6-11,14,17-21H2,1-5H3/t23-,24?,25?,27?,28?,30?/m0/s1. The van der Waals surface area contributed by atoms with E-state index in [-0.39, 0.29) is 0 Å². The van der Waals surface area contributed by atoms with E-state index in [1.807, 2.05) is 11.9 Å². The summed E-state index contributed by atoms with van der Waals surface area (Å²) >= 11 is 1.84. The second kappa shape index (κ2) is 10.4. The van der Waals surface area contributed by atoms with Gasteiger partial charge in [0.25, 0.3) is 0 Å². The zero-order valence-electron chi connectivity index (χ0n) is 21.6. The summed E-state index contributed by atoms with van der Waals surface area (Å²) in [6, 6.07) is 8.95. The minimum absolute atomic E-state index is 0.560. The van der Waals surface area contributed by atoms with Crippen LogP contribution < -0.4 is 4.72 Å². The summed E-state index contributed by atoms with van der Waals surface area (Å²) < 4.78 is 3.77. The first-order chi connectivity index (χ1) is 15.3. The molecule has 1 N–H and O–H groups in total. The number of hydrogen-bond donors (Lipinski definition) is 1. The Morgan fingerprint density at radius 3 is 2.47 bits per heavy atom. The highest BCUT2D eigenvalue weighted by molar-refractivity contribution is 7.97. The molecule has 1 aromatic rings. The minimum atomic E-state index is 0.560. The molecule has 3 aliphatic rings. The highest BCUT2D eigenvalue weighted by Gasteiger charge is 2.51. The fourth-order valence-corrected chi connectivity index (χ4v) is 9.02. The molecular formula is C30H49NS. The van der Waals surface area contributed by atoms with Gasteiger partial charge >= 0.3 is 0 Å². The number of hydrogen-bond acceptors (Lipinski definition) is 2. The number of aryl methyl sites for hydroxylation is 1. The summed E-state index contributed by atoms with van der Waals surface area (Å²) in [5, 5.41) is 0. The Morgan fingerprint density at radius 1 is 0.969 bits per heavy atom. The molecule has 3 saturated carbocycles. The molecule has 1 nitrogen and oxygen atoms in total. The van der Waals surface area contributed by atoms with Crippen molar-refractivity contribution < 1.29 is 0 Å². The van der Waals surface area contributed by atoms with E-state index in [0.717, 1.165) is 29.6 Å². The van der Waals surface area contributed by atoms with Crippen molar-refractivity contribution in [2.24, 2.45) is 40.4 Å². The number of fused-ring (bicyclic) bond motifs is 1. The highest BCUT2D eigenvalue weighted by atomic mass is 32.2. The molecule has 0 bridgehead atoms. The monoisotopic (exact) mass is 455 g/mol. The lowest BCUT2D eigenvalue weighted by atomic mass is 9.57. The molecule has 4 rings (SSSR count). The molecule has 32 heavy (non-hydrogen) atoms. The molecule has 1 aromatic carbocycles. The van der Waals surface area contributed by atoms with Crippen molar-refractivity contribution in [3.8, 4) is 0 Å². The van der Waals surface area contributed by atoms with Crippen LogP contribution in [0.1, 0.15) is 104 Å². The van der Waals surface area contributed by atoms with Crippen molar-refractivity contribution >= 4 is 11.9 Å². The van der Waals surface area contributed by atoms with Crippen LogP contribution in [0.25, 0.3) is 0 Å². The van der Waals surface area contributed by atoms with Gasteiger partial charge in [0.05, 0.1) is 0 Å². The maximum Gasteiger partial charge on any atom is 0.0228 e. The van der Waals surface area contributed by atoms with Crippen molar-refractivity contribution in [1.29, 1.82) is 0 Å². The first-order valence-electron chi connectivity index (χ1n) is 13.8. The summed E-state index contributed by atoms with van der Waals surface area (Å²) in [5.74, 6) is 4.70. The fourth-order valence-electron chi connectivity index (χ4n) is 8.30. The van der Waals surface area contributed by atoms with Gasteiger partial charge in [-0.2, -0.15) is 0 Å². The van der Waals surface area contributed by atoms with Gasteiger partial charge in [-0.25, -0.2) is 0 Å². The third-order valence-corrected chi connectivity index (χ3v) is 11.1. The van der Waals surface area contributed by atoms with Crippen LogP contribution in [0.2, 0.25) is 0 Å². The second-order valence-electron chi connectivity index (χ2n) is 12.5.